The number of ether oxygens (including phenoxy) is 1. The maximum atomic E-state index is 13.4. The fraction of sp³-hybridized carbons (Fsp3) is 0.345. The van der Waals surface area contributed by atoms with Crippen molar-refractivity contribution in [3.8, 4) is 5.75 Å². The maximum Gasteiger partial charge on any atom is 0.416 e. The van der Waals surface area contributed by atoms with Crippen molar-refractivity contribution in [2.45, 2.75) is 58.9 Å². The van der Waals surface area contributed by atoms with Crippen LogP contribution in [-0.4, -0.2) is 5.91 Å². The molecular formula is C29H32F3NO2. The van der Waals surface area contributed by atoms with Crippen LogP contribution in [0.1, 0.15) is 72.3 Å². The number of halogens is 3. The molecule has 3 rings (SSSR count). The van der Waals surface area contributed by atoms with E-state index in [-0.39, 0.29) is 11.8 Å². The van der Waals surface area contributed by atoms with Gasteiger partial charge in [-0.25, -0.2) is 0 Å². The highest BCUT2D eigenvalue weighted by atomic mass is 19.4. The van der Waals surface area contributed by atoms with Gasteiger partial charge in [-0.1, -0.05) is 69.7 Å². The van der Waals surface area contributed by atoms with Crippen LogP contribution in [0.2, 0.25) is 0 Å². The summed E-state index contributed by atoms with van der Waals surface area (Å²) in [6, 6.07) is 19.8. The first kappa shape index (κ1) is 26.3. The van der Waals surface area contributed by atoms with Gasteiger partial charge in [-0.2, -0.15) is 13.2 Å². The first-order valence-corrected chi connectivity index (χ1v) is 11.9. The van der Waals surface area contributed by atoms with Crippen molar-refractivity contribution < 1.29 is 22.7 Å². The van der Waals surface area contributed by atoms with E-state index < -0.39 is 17.8 Å². The fourth-order valence-electron chi connectivity index (χ4n) is 4.01. The highest BCUT2D eigenvalue weighted by Crippen LogP contribution is 2.32. The zero-order valence-electron chi connectivity index (χ0n) is 20.4. The van der Waals surface area contributed by atoms with Gasteiger partial charge in [-0.3, -0.25) is 4.79 Å². The molecule has 1 N–H and O–H groups in total. The van der Waals surface area contributed by atoms with Gasteiger partial charge in [0.25, 0.3) is 5.91 Å². The number of hydrogen-bond donors (Lipinski definition) is 1. The van der Waals surface area contributed by atoms with Gasteiger partial charge in [0.2, 0.25) is 0 Å². The number of para-hydroxylation sites is 1. The van der Waals surface area contributed by atoms with Crippen LogP contribution in [0.4, 0.5) is 13.2 Å². The summed E-state index contributed by atoms with van der Waals surface area (Å²) in [4.78, 5) is 13.4. The van der Waals surface area contributed by atoms with E-state index in [9.17, 15) is 18.0 Å². The third-order valence-electron chi connectivity index (χ3n) is 5.72. The van der Waals surface area contributed by atoms with Crippen molar-refractivity contribution in [2.75, 3.05) is 0 Å². The molecule has 0 aliphatic carbocycles. The number of alkyl halides is 3. The zero-order valence-corrected chi connectivity index (χ0v) is 20.4. The highest BCUT2D eigenvalue weighted by molar-refractivity contribution is 5.96. The molecule has 0 aromatic heterocycles. The molecule has 0 bridgehead atoms. The molecule has 0 aliphatic rings. The monoisotopic (exact) mass is 483 g/mol. The van der Waals surface area contributed by atoms with Crippen LogP contribution in [0.25, 0.3) is 0 Å². The number of aryl methyl sites for hydroxylation is 1. The number of hydrogen-bond acceptors (Lipinski definition) is 2. The van der Waals surface area contributed by atoms with E-state index in [1.54, 1.807) is 6.07 Å². The van der Waals surface area contributed by atoms with Gasteiger partial charge in [0, 0.05) is 5.56 Å². The average molecular weight is 484 g/mol. The number of carbonyl (C=O) groups is 1. The third kappa shape index (κ3) is 7.61. The van der Waals surface area contributed by atoms with E-state index in [1.165, 1.54) is 6.07 Å². The summed E-state index contributed by atoms with van der Waals surface area (Å²) in [6.07, 6.45) is -2.33. The topological polar surface area (TPSA) is 38.3 Å². The summed E-state index contributed by atoms with van der Waals surface area (Å²) in [5.74, 6) is 0.617. The van der Waals surface area contributed by atoms with Crippen LogP contribution < -0.4 is 10.1 Å². The van der Waals surface area contributed by atoms with Crippen molar-refractivity contribution in [1.82, 2.24) is 5.32 Å². The first-order chi connectivity index (χ1) is 16.7. The smallest absolute Gasteiger partial charge is 0.416 e. The minimum Gasteiger partial charge on any atom is -0.489 e. The third-order valence-corrected chi connectivity index (χ3v) is 5.72. The molecule has 1 amide bonds. The average Bonchev–Trinajstić information content (AvgIpc) is 2.83. The molecule has 0 saturated heterocycles. The quantitative estimate of drug-likeness (QED) is 0.320. The Morgan fingerprint density at radius 1 is 0.971 bits per heavy atom. The van der Waals surface area contributed by atoms with E-state index >= 15 is 0 Å². The SMILES string of the molecule is CCCc1ccc(COc2ccccc2)cc1C(=O)NC(CC(C)C)c1cccc(C(F)(F)F)c1. The molecule has 0 radical (unpaired) electrons. The molecule has 1 atom stereocenters. The molecule has 0 heterocycles. The second-order valence-electron chi connectivity index (χ2n) is 9.12. The summed E-state index contributed by atoms with van der Waals surface area (Å²) >= 11 is 0. The Labute approximate surface area is 205 Å². The standard InChI is InChI=1S/C29H32F3NO2/c1-4-9-22-15-14-21(19-35-25-12-6-5-7-13-25)17-26(22)28(34)33-27(16-20(2)3)23-10-8-11-24(18-23)29(30,31)32/h5-8,10-15,17-18,20,27H,4,9,16,19H2,1-3H3,(H,33,34). The molecule has 3 nitrogen and oxygen atoms in total. The first-order valence-electron chi connectivity index (χ1n) is 11.9. The fourth-order valence-corrected chi connectivity index (χ4v) is 4.01. The lowest BCUT2D eigenvalue weighted by Crippen LogP contribution is -2.30. The lowest BCUT2D eigenvalue weighted by Gasteiger charge is -2.23. The number of rotatable bonds is 10. The van der Waals surface area contributed by atoms with Crippen LogP contribution in [0.15, 0.2) is 72.8 Å². The van der Waals surface area contributed by atoms with Gasteiger partial charge in [-0.15, -0.1) is 0 Å². The minimum atomic E-state index is -4.44. The van der Waals surface area contributed by atoms with Gasteiger partial charge >= 0.3 is 6.18 Å². The Morgan fingerprint density at radius 3 is 2.37 bits per heavy atom. The van der Waals surface area contributed by atoms with Gasteiger partial charge in [0.1, 0.15) is 12.4 Å². The molecule has 3 aromatic carbocycles. The molecule has 0 saturated carbocycles. The molecule has 0 aliphatic heterocycles. The molecule has 186 valence electrons. The second kappa shape index (κ2) is 11.9. The summed E-state index contributed by atoms with van der Waals surface area (Å²) in [5.41, 5.74) is 2.01. The number of benzene rings is 3. The molecule has 1 unspecified atom stereocenters. The van der Waals surface area contributed by atoms with Crippen LogP contribution in [0.3, 0.4) is 0 Å². The molecule has 0 fully saturated rings. The van der Waals surface area contributed by atoms with E-state index in [0.717, 1.165) is 41.9 Å². The van der Waals surface area contributed by atoms with Gasteiger partial charge in [0.15, 0.2) is 0 Å². The van der Waals surface area contributed by atoms with Gasteiger partial charge in [-0.05, 0) is 65.8 Å². The van der Waals surface area contributed by atoms with Crippen LogP contribution >= 0.6 is 0 Å². The van der Waals surface area contributed by atoms with E-state index in [0.29, 0.717) is 24.2 Å². The number of amides is 1. The molecule has 3 aromatic rings. The molecular weight excluding hydrogens is 451 g/mol. The summed E-state index contributed by atoms with van der Waals surface area (Å²) in [6.45, 7) is 6.31. The summed E-state index contributed by atoms with van der Waals surface area (Å²) < 4.78 is 45.7. The van der Waals surface area contributed by atoms with Crippen LogP contribution in [0.5, 0.6) is 5.75 Å². The zero-order chi connectivity index (χ0) is 25.4. The van der Waals surface area contributed by atoms with Crippen molar-refractivity contribution >= 4 is 5.91 Å². The Bertz CT molecular complexity index is 1110. The summed E-state index contributed by atoms with van der Waals surface area (Å²) in [7, 11) is 0. The van der Waals surface area contributed by atoms with E-state index in [1.807, 2.05) is 69.3 Å². The molecule has 35 heavy (non-hydrogen) atoms. The normalized spacial score (nSPS) is 12.4. The molecule has 6 heteroatoms. The lowest BCUT2D eigenvalue weighted by atomic mass is 9.94. The Balaban J connectivity index is 1.86. The van der Waals surface area contributed by atoms with E-state index in [4.69, 9.17) is 4.74 Å². The number of carbonyl (C=O) groups excluding carboxylic acids is 1. The Kier molecular flexibility index (Phi) is 8.96. The molecule has 0 spiro atoms. The van der Waals surface area contributed by atoms with Crippen LogP contribution in [-0.2, 0) is 19.2 Å². The predicted octanol–water partition coefficient (Wildman–Crippen LogP) is 7.75. The lowest BCUT2D eigenvalue weighted by molar-refractivity contribution is -0.137. The van der Waals surface area contributed by atoms with Gasteiger partial charge in [0.05, 0.1) is 11.6 Å². The Hall–Kier alpha value is -3.28. The van der Waals surface area contributed by atoms with E-state index in [2.05, 4.69) is 5.32 Å². The minimum absolute atomic E-state index is 0.176. The van der Waals surface area contributed by atoms with Crippen molar-refractivity contribution in [1.29, 1.82) is 0 Å². The highest BCUT2D eigenvalue weighted by Gasteiger charge is 2.31. The van der Waals surface area contributed by atoms with Crippen LogP contribution in [0, 0.1) is 5.92 Å². The van der Waals surface area contributed by atoms with Crippen molar-refractivity contribution in [2.24, 2.45) is 5.92 Å². The number of nitrogens with one attached hydrogen (secondary N) is 1. The summed E-state index contributed by atoms with van der Waals surface area (Å²) in [5, 5.41) is 3.01. The largest absolute Gasteiger partial charge is 0.489 e. The predicted molar refractivity (Wildman–Crippen MR) is 132 cm³/mol. The van der Waals surface area contributed by atoms with Crippen molar-refractivity contribution in [3.63, 3.8) is 0 Å². The van der Waals surface area contributed by atoms with Crippen molar-refractivity contribution in [3.05, 3.63) is 101 Å². The maximum absolute atomic E-state index is 13.4. The second-order valence-corrected chi connectivity index (χ2v) is 9.12. The van der Waals surface area contributed by atoms with Gasteiger partial charge < -0.3 is 10.1 Å². The Morgan fingerprint density at radius 2 is 1.71 bits per heavy atom.